The lowest BCUT2D eigenvalue weighted by Crippen LogP contribution is -2.12. The zero-order chi connectivity index (χ0) is 12.8. The predicted molar refractivity (Wildman–Crippen MR) is 70.4 cm³/mol. The van der Waals surface area contributed by atoms with Crippen LogP contribution >= 0.6 is 0 Å². The molecule has 0 saturated carbocycles. The fourth-order valence-corrected chi connectivity index (χ4v) is 1.80. The first kappa shape index (κ1) is 12.6. The van der Waals surface area contributed by atoms with Gasteiger partial charge in [-0.15, -0.1) is 5.10 Å². The lowest BCUT2D eigenvalue weighted by atomic mass is 10.3. The van der Waals surface area contributed by atoms with Gasteiger partial charge in [-0.3, -0.25) is 4.68 Å². The minimum Gasteiger partial charge on any atom is -0.356 e. The van der Waals surface area contributed by atoms with Crippen molar-refractivity contribution in [1.29, 1.82) is 0 Å². The molecule has 0 spiro atoms. The number of aryl methyl sites for hydroxylation is 3. The monoisotopic (exact) mass is 248 g/mol. The molecule has 0 saturated heterocycles. The van der Waals surface area contributed by atoms with Gasteiger partial charge in [-0.25, -0.2) is 4.98 Å². The van der Waals surface area contributed by atoms with Crippen LogP contribution in [0, 0.1) is 6.92 Å². The molecule has 6 nitrogen and oxygen atoms in total. The molecule has 98 valence electrons. The summed E-state index contributed by atoms with van der Waals surface area (Å²) in [7, 11) is 0. The maximum Gasteiger partial charge on any atom is 0.203 e. The fourth-order valence-electron chi connectivity index (χ4n) is 1.80. The Morgan fingerprint density at radius 3 is 2.94 bits per heavy atom. The van der Waals surface area contributed by atoms with Crippen molar-refractivity contribution in [3.8, 4) is 0 Å². The normalized spacial score (nSPS) is 10.8. The number of hydrogen-bond acceptors (Lipinski definition) is 4. The molecule has 0 fully saturated rings. The number of aromatic nitrogens is 5. The van der Waals surface area contributed by atoms with Crippen molar-refractivity contribution in [3.05, 3.63) is 24.3 Å². The largest absolute Gasteiger partial charge is 0.356 e. The lowest BCUT2D eigenvalue weighted by Gasteiger charge is -2.09. The molecule has 0 amide bonds. The van der Waals surface area contributed by atoms with E-state index in [4.69, 9.17) is 0 Å². The molecule has 0 radical (unpaired) electrons. The van der Waals surface area contributed by atoms with Crippen LogP contribution in [0.1, 0.15) is 25.5 Å². The van der Waals surface area contributed by atoms with Crippen molar-refractivity contribution in [2.24, 2.45) is 0 Å². The zero-order valence-corrected chi connectivity index (χ0v) is 11.0. The van der Waals surface area contributed by atoms with E-state index in [2.05, 4.69) is 38.3 Å². The Kier molecular flexibility index (Phi) is 4.33. The van der Waals surface area contributed by atoms with Gasteiger partial charge in [-0.05, 0) is 13.3 Å². The van der Waals surface area contributed by atoms with Crippen LogP contribution in [0.2, 0.25) is 0 Å². The Hall–Kier alpha value is -1.85. The summed E-state index contributed by atoms with van der Waals surface area (Å²) in [5, 5.41) is 11.1. The summed E-state index contributed by atoms with van der Waals surface area (Å²) < 4.78 is 3.96. The van der Waals surface area contributed by atoms with Crippen LogP contribution in [0.25, 0.3) is 0 Å². The van der Waals surface area contributed by atoms with Gasteiger partial charge in [0, 0.05) is 25.5 Å². The van der Waals surface area contributed by atoms with E-state index in [1.807, 2.05) is 17.8 Å². The highest BCUT2D eigenvalue weighted by molar-refractivity contribution is 5.28. The van der Waals surface area contributed by atoms with E-state index in [-0.39, 0.29) is 0 Å². The van der Waals surface area contributed by atoms with Crippen LogP contribution in [-0.4, -0.2) is 31.1 Å². The maximum atomic E-state index is 4.49. The molecular formula is C12H20N6. The third-order valence-electron chi connectivity index (χ3n) is 2.75. The minimum absolute atomic E-state index is 0.804. The number of rotatable bonds is 7. The van der Waals surface area contributed by atoms with Gasteiger partial charge in [-0.1, -0.05) is 18.6 Å². The highest BCUT2D eigenvalue weighted by Gasteiger charge is 2.04. The number of unbranched alkanes of at least 4 members (excludes halogenated alkanes) is 1. The zero-order valence-electron chi connectivity index (χ0n) is 11.0. The van der Waals surface area contributed by atoms with Crippen molar-refractivity contribution in [1.82, 2.24) is 24.5 Å². The Balaban J connectivity index is 1.93. The predicted octanol–water partition coefficient (Wildman–Crippen LogP) is 1.70. The Bertz CT molecular complexity index is 459. The molecule has 2 heterocycles. The molecule has 0 aromatic carbocycles. The molecule has 1 N–H and O–H groups in total. The molecule has 2 rings (SSSR count). The van der Waals surface area contributed by atoms with E-state index in [9.17, 15) is 0 Å². The second-order valence-electron chi connectivity index (χ2n) is 4.35. The second kappa shape index (κ2) is 6.18. The van der Waals surface area contributed by atoms with Crippen LogP contribution in [0.5, 0.6) is 0 Å². The topological polar surface area (TPSA) is 60.6 Å². The van der Waals surface area contributed by atoms with Crippen molar-refractivity contribution in [3.63, 3.8) is 0 Å². The molecular weight excluding hydrogens is 228 g/mol. The third kappa shape index (κ3) is 3.32. The smallest absolute Gasteiger partial charge is 0.203 e. The molecule has 6 heteroatoms. The molecule has 0 aliphatic rings. The van der Waals surface area contributed by atoms with E-state index in [0.29, 0.717) is 0 Å². The van der Waals surface area contributed by atoms with E-state index < -0.39 is 0 Å². The molecule has 0 aliphatic heterocycles. The SMILES string of the molecule is CCCCNc1nc(C)cn1CCn1ccnn1. The van der Waals surface area contributed by atoms with Crippen LogP contribution in [0.4, 0.5) is 5.95 Å². The molecule has 0 bridgehead atoms. The van der Waals surface area contributed by atoms with Crippen molar-refractivity contribution >= 4 is 5.95 Å². The molecule has 0 unspecified atom stereocenters. The lowest BCUT2D eigenvalue weighted by molar-refractivity contribution is 0.521. The van der Waals surface area contributed by atoms with Crippen LogP contribution < -0.4 is 5.32 Å². The molecule has 0 aliphatic carbocycles. The molecule has 0 atom stereocenters. The van der Waals surface area contributed by atoms with Crippen LogP contribution in [0.15, 0.2) is 18.6 Å². The highest BCUT2D eigenvalue weighted by atomic mass is 15.4. The summed E-state index contributed by atoms with van der Waals surface area (Å²) in [5.41, 5.74) is 1.03. The van der Waals surface area contributed by atoms with Crippen LogP contribution in [-0.2, 0) is 13.1 Å². The van der Waals surface area contributed by atoms with Gasteiger partial charge in [0.25, 0.3) is 0 Å². The molecule has 2 aromatic rings. The van der Waals surface area contributed by atoms with E-state index in [1.165, 1.54) is 6.42 Å². The minimum atomic E-state index is 0.804. The van der Waals surface area contributed by atoms with Crippen molar-refractivity contribution < 1.29 is 0 Å². The third-order valence-corrected chi connectivity index (χ3v) is 2.75. The van der Waals surface area contributed by atoms with Gasteiger partial charge in [0.1, 0.15) is 0 Å². The number of nitrogens with one attached hydrogen (secondary N) is 1. The van der Waals surface area contributed by atoms with E-state index in [1.54, 1.807) is 6.20 Å². The summed E-state index contributed by atoms with van der Waals surface area (Å²) in [5.74, 6) is 0.945. The van der Waals surface area contributed by atoms with Crippen molar-refractivity contribution in [2.45, 2.75) is 39.8 Å². The first-order valence-corrected chi connectivity index (χ1v) is 6.41. The molecule has 2 aromatic heterocycles. The van der Waals surface area contributed by atoms with Gasteiger partial charge >= 0.3 is 0 Å². The standard InChI is InChI=1S/C12H20N6/c1-3-4-5-13-12-15-11(2)10-17(12)8-9-18-7-6-14-16-18/h6-7,10H,3-5,8-9H2,1-2H3,(H,13,15). The average molecular weight is 248 g/mol. The van der Waals surface area contributed by atoms with Gasteiger partial charge in [0.2, 0.25) is 5.95 Å². The summed E-state index contributed by atoms with van der Waals surface area (Å²) in [4.78, 5) is 4.49. The van der Waals surface area contributed by atoms with Gasteiger partial charge < -0.3 is 9.88 Å². The Morgan fingerprint density at radius 2 is 2.22 bits per heavy atom. The number of imidazole rings is 1. The van der Waals surface area contributed by atoms with Crippen molar-refractivity contribution in [2.75, 3.05) is 11.9 Å². The Labute approximate surface area is 107 Å². The number of nitrogens with zero attached hydrogens (tertiary/aromatic N) is 5. The quantitative estimate of drug-likeness (QED) is 0.758. The first-order valence-electron chi connectivity index (χ1n) is 6.41. The number of hydrogen-bond donors (Lipinski definition) is 1. The van der Waals surface area contributed by atoms with Gasteiger partial charge in [0.05, 0.1) is 18.4 Å². The van der Waals surface area contributed by atoms with E-state index >= 15 is 0 Å². The summed E-state index contributed by atoms with van der Waals surface area (Å²) >= 11 is 0. The number of anilines is 1. The maximum absolute atomic E-state index is 4.49. The molecule has 18 heavy (non-hydrogen) atoms. The Morgan fingerprint density at radius 1 is 1.33 bits per heavy atom. The summed E-state index contributed by atoms with van der Waals surface area (Å²) in [6, 6.07) is 0. The highest BCUT2D eigenvalue weighted by Crippen LogP contribution is 2.09. The van der Waals surface area contributed by atoms with Gasteiger partial charge in [0.15, 0.2) is 0 Å². The van der Waals surface area contributed by atoms with Crippen LogP contribution in [0.3, 0.4) is 0 Å². The second-order valence-corrected chi connectivity index (χ2v) is 4.35. The summed E-state index contributed by atoms with van der Waals surface area (Å²) in [6.07, 6.45) is 7.97. The van der Waals surface area contributed by atoms with E-state index in [0.717, 1.165) is 37.7 Å². The fraction of sp³-hybridized carbons (Fsp3) is 0.583. The van der Waals surface area contributed by atoms with Gasteiger partial charge in [-0.2, -0.15) is 0 Å². The first-order chi connectivity index (χ1) is 8.79. The summed E-state index contributed by atoms with van der Waals surface area (Å²) in [6.45, 7) is 6.81. The average Bonchev–Trinajstić information content (AvgIpc) is 2.97.